The van der Waals surface area contributed by atoms with Gasteiger partial charge in [-0.3, -0.25) is 9.97 Å². The van der Waals surface area contributed by atoms with Crippen LogP contribution in [0.25, 0.3) is 11.3 Å². The van der Waals surface area contributed by atoms with Crippen molar-refractivity contribution < 1.29 is 0 Å². The van der Waals surface area contributed by atoms with Crippen LogP contribution in [0.4, 0.5) is 5.69 Å². The van der Waals surface area contributed by atoms with Gasteiger partial charge in [-0.15, -0.1) is 0 Å². The Morgan fingerprint density at radius 3 is 2.83 bits per heavy atom. The fourth-order valence-electron chi connectivity index (χ4n) is 2.44. The van der Waals surface area contributed by atoms with E-state index in [4.69, 9.17) is 0 Å². The number of nitrogens with zero attached hydrogens (tertiary/aromatic N) is 3. The zero-order valence-electron chi connectivity index (χ0n) is 10.8. The first-order chi connectivity index (χ1) is 8.74. The van der Waals surface area contributed by atoms with Crippen molar-refractivity contribution in [2.75, 3.05) is 18.5 Å². The number of anilines is 1. The molecular formula is C15H17N3. The SMILES string of the molecule is Cc1ccc(-c2cc3c(cn2)N(C)CCC3)cn1. The molecule has 0 aromatic carbocycles. The van der Waals surface area contributed by atoms with Crippen LogP contribution in [-0.2, 0) is 6.42 Å². The van der Waals surface area contributed by atoms with Crippen molar-refractivity contribution in [3.05, 3.63) is 41.9 Å². The molecule has 3 heteroatoms. The van der Waals surface area contributed by atoms with Gasteiger partial charge < -0.3 is 4.90 Å². The van der Waals surface area contributed by atoms with Gasteiger partial charge in [-0.2, -0.15) is 0 Å². The van der Waals surface area contributed by atoms with Gasteiger partial charge in [0.15, 0.2) is 0 Å². The van der Waals surface area contributed by atoms with E-state index in [-0.39, 0.29) is 0 Å². The van der Waals surface area contributed by atoms with E-state index in [0.717, 1.165) is 29.9 Å². The zero-order valence-corrected chi connectivity index (χ0v) is 10.8. The molecule has 3 heterocycles. The second-order valence-electron chi connectivity index (χ2n) is 4.91. The molecule has 3 nitrogen and oxygen atoms in total. The van der Waals surface area contributed by atoms with E-state index < -0.39 is 0 Å². The Bertz CT molecular complexity index is 560. The molecule has 3 rings (SSSR count). The molecule has 2 aromatic heterocycles. The lowest BCUT2D eigenvalue weighted by Crippen LogP contribution is -2.24. The minimum Gasteiger partial charge on any atom is -0.373 e. The van der Waals surface area contributed by atoms with Crippen LogP contribution in [0.15, 0.2) is 30.6 Å². The maximum absolute atomic E-state index is 4.56. The lowest BCUT2D eigenvalue weighted by Gasteiger charge is -2.27. The van der Waals surface area contributed by atoms with Crippen molar-refractivity contribution in [1.29, 1.82) is 0 Å². The normalized spacial score (nSPS) is 14.4. The van der Waals surface area contributed by atoms with E-state index in [1.807, 2.05) is 25.4 Å². The molecule has 18 heavy (non-hydrogen) atoms. The molecule has 2 aromatic rings. The second kappa shape index (κ2) is 4.41. The van der Waals surface area contributed by atoms with Gasteiger partial charge in [-0.1, -0.05) is 0 Å². The molecule has 0 fully saturated rings. The van der Waals surface area contributed by atoms with Crippen LogP contribution in [0.2, 0.25) is 0 Å². The fraction of sp³-hybridized carbons (Fsp3) is 0.333. The van der Waals surface area contributed by atoms with E-state index in [9.17, 15) is 0 Å². The van der Waals surface area contributed by atoms with Crippen LogP contribution in [-0.4, -0.2) is 23.6 Å². The summed E-state index contributed by atoms with van der Waals surface area (Å²) >= 11 is 0. The molecule has 92 valence electrons. The molecule has 0 bridgehead atoms. The van der Waals surface area contributed by atoms with Gasteiger partial charge in [-0.25, -0.2) is 0 Å². The third-order valence-electron chi connectivity index (χ3n) is 3.52. The smallest absolute Gasteiger partial charge is 0.0721 e. The summed E-state index contributed by atoms with van der Waals surface area (Å²) in [7, 11) is 2.13. The fourth-order valence-corrected chi connectivity index (χ4v) is 2.44. The number of rotatable bonds is 1. The van der Waals surface area contributed by atoms with Crippen LogP contribution in [0.5, 0.6) is 0 Å². The molecule has 0 unspecified atom stereocenters. The Balaban J connectivity index is 2.01. The first-order valence-electron chi connectivity index (χ1n) is 6.37. The third kappa shape index (κ3) is 1.96. The molecule has 1 aliphatic heterocycles. The maximum atomic E-state index is 4.56. The highest BCUT2D eigenvalue weighted by molar-refractivity contribution is 5.64. The Labute approximate surface area is 108 Å². The van der Waals surface area contributed by atoms with E-state index in [0.29, 0.717) is 0 Å². The minimum absolute atomic E-state index is 1.02. The molecule has 0 aliphatic carbocycles. The van der Waals surface area contributed by atoms with Crippen molar-refractivity contribution in [3.8, 4) is 11.3 Å². The van der Waals surface area contributed by atoms with Crippen molar-refractivity contribution in [2.24, 2.45) is 0 Å². The summed E-state index contributed by atoms with van der Waals surface area (Å²) in [6, 6.07) is 6.32. The second-order valence-corrected chi connectivity index (χ2v) is 4.91. The molecule has 0 saturated carbocycles. The number of pyridine rings is 2. The summed E-state index contributed by atoms with van der Waals surface area (Å²) < 4.78 is 0. The van der Waals surface area contributed by atoms with Crippen LogP contribution in [0.1, 0.15) is 17.7 Å². The standard InChI is InChI=1S/C15H17N3/c1-11-5-6-13(9-16-11)14-8-12-4-3-7-18(2)15(12)10-17-14/h5-6,8-10H,3-4,7H2,1-2H3. The summed E-state index contributed by atoms with van der Waals surface area (Å²) in [4.78, 5) is 11.2. The summed E-state index contributed by atoms with van der Waals surface area (Å²) in [6.45, 7) is 3.12. The molecule has 0 N–H and O–H groups in total. The molecule has 0 spiro atoms. The van der Waals surface area contributed by atoms with Gasteiger partial charge in [-0.05, 0) is 43.5 Å². The van der Waals surface area contributed by atoms with Gasteiger partial charge >= 0.3 is 0 Å². The Kier molecular flexibility index (Phi) is 2.74. The predicted octanol–water partition coefficient (Wildman–Crippen LogP) is 2.83. The Morgan fingerprint density at radius 1 is 1.17 bits per heavy atom. The highest BCUT2D eigenvalue weighted by atomic mass is 15.1. The zero-order chi connectivity index (χ0) is 12.5. The lowest BCUT2D eigenvalue weighted by atomic mass is 10.0. The molecule has 1 aliphatic rings. The lowest BCUT2D eigenvalue weighted by molar-refractivity contribution is 0.741. The summed E-state index contributed by atoms with van der Waals surface area (Å²) in [6.07, 6.45) is 6.26. The van der Waals surface area contributed by atoms with Gasteiger partial charge in [0.25, 0.3) is 0 Å². The quantitative estimate of drug-likeness (QED) is 0.766. The van der Waals surface area contributed by atoms with Crippen LogP contribution >= 0.6 is 0 Å². The highest BCUT2D eigenvalue weighted by Crippen LogP contribution is 2.28. The molecule has 0 atom stereocenters. The van der Waals surface area contributed by atoms with Crippen molar-refractivity contribution in [3.63, 3.8) is 0 Å². The third-order valence-corrected chi connectivity index (χ3v) is 3.52. The highest BCUT2D eigenvalue weighted by Gasteiger charge is 2.14. The van der Waals surface area contributed by atoms with Crippen molar-refractivity contribution >= 4 is 5.69 Å². The first-order valence-corrected chi connectivity index (χ1v) is 6.37. The average molecular weight is 239 g/mol. The number of fused-ring (bicyclic) bond motifs is 1. The van der Waals surface area contributed by atoms with E-state index in [2.05, 4.69) is 34.0 Å². The van der Waals surface area contributed by atoms with Crippen molar-refractivity contribution in [1.82, 2.24) is 9.97 Å². The topological polar surface area (TPSA) is 29.0 Å². The Morgan fingerprint density at radius 2 is 2.06 bits per heavy atom. The monoisotopic (exact) mass is 239 g/mol. The van der Waals surface area contributed by atoms with Crippen LogP contribution in [0.3, 0.4) is 0 Å². The van der Waals surface area contributed by atoms with Gasteiger partial charge in [0.05, 0.1) is 17.6 Å². The number of aromatic nitrogens is 2. The number of hydrogen-bond donors (Lipinski definition) is 0. The van der Waals surface area contributed by atoms with Gasteiger partial charge in [0, 0.05) is 31.0 Å². The number of hydrogen-bond acceptors (Lipinski definition) is 3. The molecule has 0 saturated heterocycles. The summed E-state index contributed by atoms with van der Waals surface area (Å²) in [5.74, 6) is 0. The van der Waals surface area contributed by atoms with Crippen LogP contribution < -0.4 is 4.90 Å². The largest absolute Gasteiger partial charge is 0.373 e. The van der Waals surface area contributed by atoms with E-state index >= 15 is 0 Å². The van der Waals surface area contributed by atoms with E-state index in [1.165, 1.54) is 17.7 Å². The minimum atomic E-state index is 1.02. The predicted molar refractivity (Wildman–Crippen MR) is 73.8 cm³/mol. The van der Waals surface area contributed by atoms with E-state index in [1.54, 1.807) is 0 Å². The molecule has 0 radical (unpaired) electrons. The summed E-state index contributed by atoms with van der Waals surface area (Å²) in [5, 5.41) is 0. The average Bonchev–Trinajstić information content (AvgIpc) is 2.39. The van der Waals surface area contributed by atoms with Gasteiger partial charge in [0.1, 0.15) is 0 Å². The Hall–Kier alpha value is -1.90. The van der Waals surface area contributed by atoms with Gasteiger partial charge in [0.2, 0.25) is 0 Å². The first kappa shape index (κ1) is 11.2. The maximum Gasteiger partial charge on any atom is 0.0721 e. The summed E-state index contributed by atoms with van der Waals surface area (Å²) in [5.41, 5.74) is 5.82. The van der Waals surface area contributed by atoms with Crippen LogP contribution in [0, 0.1) is 6.92 Å². The molecule has 0 amide bonds. The number of aryl methyl sites for hydroxylation is 2. The van der Waals surface area contributed by atoms with Crippen molar-refractivity contribution in [2.45, 2.75) is 19.8 Å². The molecular weight excluding hydrogens is 222 g/mol.